The second-order valence-corrected chi connectivity index (χ2v) is 12.2. The Hall–Kier alpha value is -1.54. The zero-order valence-corrected chi connectivity index (χ0v) is 27.9. The first-order valence-electron chi connectivity index (χ1n) is 16.3. The minimum atomic E-state index is -0.240. The monoisotopic (exact) mass is 598 g/mol. The first kappa shape index (κ1) is 39.5. The van der Waals surface area contributed by atoms with Crippen LogP contribution in [0.15, 0.2) is 12.2 Å². The zero-order valence-electron chi connectivity index (χ0n) is 27.1. The van der Waals surface area contributed by atoms with E-state index < -0.39 is 0 Å². The van der Waals surface area contributed by atoms with Gasteiger partial charge in [-0.15, -0.1) is 11.8 Å². The third kappa shape index (κ3) is 25.9. The molecule has 0 spiro atoms. The fourth-order valence-corrected chi connectivity index (χ4v) is 5.25. The van der Waals surface area contributed by atoms with E-state index in [9.17, 15) is 14.4 Å². The van der Waals surface area contributed by atoms with E-state index in [1.165, 1.54) is 25.7 Å². The van der Waals surface area contributed by atoms with Crippen molar-refractivity contribution in [3.63, 3.8) is 0 Å². The molecule has 0 aliphatic carbocycles. The summed E-state index contributed by atoms with van der Waals surface area (Å²) >= 11 is 1.57. The van der Waals surface area contributed by atoms with Gasteiger partial charge in [0, 0.05) is 31.8 Å². The number of allylic oxidation sites excluding steroid dienone is 1. The summed E-state index contributed by atoms with van der Waals surface area (Å²) < 4.78 is 11.2. The number of esters is 2. The molecule has 0 atom stereocenters. The predicted octanol–water partition coefficient (Wildman–Crippen LogP) is 7.77. The minimum absolute atomic E-state index is 0.00248. The normalized spacial score (nSPS) is 11.5. The Balaban J connectivity index is 4.62. The largest absolute Gasteiger partial charge is 0.462 e. The first-order chi connectivity index (χ1) is 19.8. The van der Waals surface area contributed by atoms with Crippen LogP contribution in [0.2, 0.25) is 0 Å². The van der Waals surface area contributed by atoms with E-state index in [-0.39, 0.29) is 30.4 Å². The van der Waals surface area contributed by atoms with E-state index in [1.807, 2.05) is 25.1 Å². The molecule has 0 unspecified atom stereocenters. The average Bonchev–Trinajstić information content (AvgIpc) is 2.93. The quantitative estimate of drug-likeness (QED) is 0.0394. The molecule has 41 heavy (non-hydrogen) atoms. The topological polar surface area (TPSA) is 76.1 Å². The summed E-state index contributed by atoms with van der Waals surface area (Å²) in [6, 6.07) is 0. The molecule has 0 aromatic rings. The predicted molar refractivity (Wildman–Crippen MR) is 173 cm³/mol. The standard InChI is InChI=1S/C33H62N2O5S/c1-6-9-12-13-14-15-18-27-39-32(37)23-19-25-35(31(36)28-41-29-34(4)5)26-20-24-33(38)40-30(21-16-10-7-2)22-17-11-8-3/h15,18,30H,6-14,16-17,19-29H2,1-5H3/b18-15-. The maximum atomic E-state index is 12.9. The van der Waals surface area contributed by atoms with Crippen LogP contribution in [0, 0.1) is 0 Å². The Bertz CT molecular complexity index is 677. The van der Waals surface area contributed by atoms with Crippen LogP contribution in [0.25, 0.3) is 0 Å². The molecular weight excluding hydrogens is 536 g/mol. The molecule has 0 aromatic carbocycles. The molecule has 0 bridgehead atoms. The number of hydrogen-bond donors (Lipinski definition) is 0. The van der Waals surface area contributed by atoms with Crippen molar-refractivity contribution in [2.75, 3.05) is 45.4 Å². The van der Waals surface area contributed by atoms with Crippen molar-refractivity contribution in [2.45, 2.75) is 136 Å². The summed E-state index contributed by atoms with van der Waals surface area (Å²) in [6.07, 6.45) is 20.3. The summed E-state index contributed by atoms with van der Waals surface area (Å²) in [5, 5.41) is 0. The Kier molecular flexibility index (Phi) is 27.5. The molecule has 0 saturated heterocycles. The van der Waals surface area contributed by atoms with Gasteiger partial charge in [-0.3, -0.25) is 14.4 Å². The Morgan fingerprint density at radius 1 is 0.732 bits per heavy atom. The Morgan fingerprint density at radius 3 is 1.90 bits per heavy atom. The SMILES string of the molecule is CCCCCC/C=C\COC(=O)CCCN(CCCC(=O)OC(CCCCC)CCCCC)C(=O)CSCN(C)C. The zero-order chi connectivity index (χ0) is 30.6. The van der Waals surface area contributed by atoms with Gasteiger partial charge in [-0.2, -0.15) is 0 Å². The van der Waals surface area contributed by atoms with Crippen LogP contribution in [0.1, 0.15) is 130 Å². The number of rotatable bonds is 28. The highest BCUT2D eigenvalue weighted by Crippen LogP contribution is 2.16. The maximum absolute atomic E-state index is 12.9. The van der Waals surface area contributed by atoms with E-state index in [0.717, 1.165) is 63.7 Å². The maximum Gasteiger partial charge on any atom is 0.306 e. The molecule has 0 rings (SSSR count). The molecule has 7 nitrogen and oxygen atoms in total. The number of unbranched alkanes of at least 4 members (excludes halogenated alkanes) is 8. The molecule has 240 valence electrons. The van der Waals surface area contributed by atoms with Crippen molar-refractivity contribution in [2.24, 2.45) is 0 Å². The van der Waals surface area contributed by atoms with Crippen LogP contribution >= 0.6 is 11.8 Å². The number of nitrogens with zero attached hydrogens (tertiary/aromatic N) is 2. The second-order valence-electron chi connectivity index (χ2n) is 11.3. The van der Waals surface area contributed by atoms with Crippen LogP contribution < -0.4 is 0 Å². The van der Waals surface area contributed by atoms with E-state index in [4.69, 9.17) is 9.47 Å². The lowest BCUT2D eigenvalue weighted by Crippen LogP contribution is -2.35. The molecule has 0 aromatic heterocycles. The molecule has 0 heterocycles. The fourth-order valence-electron chi connectivity index (χ4n) is 4.44. The lowest BCUT2D eigenvalue weighted by molar-refractivity contribution is -0.150. The van der Waals surface area contributed by atoms with Crippen LogP contribution in [0.3, 0.4) is 0 Å². The van der Waals surface area contributed by atoms with Crippen LogP contribution in [-0.2, 0) is 23.9 Å². The van der Waals surface area contributed by atoms with Gasteiger partial charge >= 0.3 is 11.9 Å². The lowest BCUT2D eigenvalue weighted by atomic mass is 10.0. The molecule has 0 aliphatic rings. The van der Waals surface area contributed by atoms with Crippen molar-refractivity contribution >= 4 is 29.6 Å². The third-order valence-corrected chi connectivity index (χ3v) is 7.98. The van der Waals surface area contributed by atoms with Crippen molar-refractivity contribution < 1.29 is 23.9 Å². The highest BCUT2D eigenvalue weighted by atomic mass is 32.2. The molecule has 1 amide bonds. The summed E-state index contributed by atoms with van der Waals surface area (Å²) in [5.41, 5.74) is 0. The van der Waals surface area contributed by atoms with Crippen molar-refractivity contribution in [1.29, 1.82) is 0 Å². The van der Waals surface area contributed by atoms with Gasteiger partial charge in [0.1, 0.15) is 12.7 Å². The number of carbonyl (C=O) groups excluding carboxylic acids is 3. The molecule has 8 heteroatoms. The summed E-state index contributed by atoms with van der Waals surface area (Å²) in [5.74, 6) is 0.784. The Labute approximate surface area is 256 Å². The van der Waals surface area contributed by atoms with E-state index in [2.05, 4.69) is 26.8 Å². The summed E-state index contributed by atoms with van der Waals surface area (Å²) in [7, 11) is 3.96. The molecule has 0 saturated carbocycles. The molecule has 0 aliphatic heterocycles. The van der Waals surface area contributed by atoms with Crippen molar-refractivity contribution in [1.82, 2.24) is 9.80 Å². The van der Waals surface area contributed by atoms with E-state index >= 15 is 0 Å². The van der Waals surface area contributed by atoms with Crippen LogP contribution in [0.4, 0.5) is 0 Å². The molecule has 0 fully saturated rings. The van der Waals surface area contributed by atoms with Gasteiger partial charge in [-0.1, -0.05) is 77.9 Å². The van der Waals surface area contributed by atoms with E-state index in [1.54, 1.807) is 16.7 Å². The highest BCUT2D eigenvalue weighted by Gasteiger charge is 2.17. The number of ether oxygens (including phenoxy) is 2. The van der Waals surface area contributed by atoms with Gasteiger partial charge in [0.25, 0.3) is 0 Å². The second kappa shape index (κ2) is 28.6. The van der Waals surface area contributed by atoms with Gasteiger partial charge < -0.3 is 19.3 Å². The molecule has 0 radical (unpaired) electrons. The third-order valence-electron chi connectivity index (χ3n) is 6.83. The van der Waals surface area contributed by atoms with E-state index in [0.29, 0.717) is 44.7 Å². The minimum Gasteiger partial charge on any atom is -0.462 e. The first-order valence-corrected chi connectivity index (χ1v) is 17.5. The van der Waals surface area contributed by atoms with Gasteiger partial charge in [-0.05, 0) is 65.5 Å². The lowest BCUT2D eigenvalue weighted by Gasteiger charge is -2.23. The van der Waals surface area contributed by atoms with Crippen LogP contribution in [0.5, 0.6) is 0 Å². The van der Waals surface area contributed by atoms with Crippen molar-refractivity contribution in [3.8, 4) is 0 Å². The fraction of sp³-hybridized carbons (Fsp3) is 0.848. The van der Waals surface area contributed by atoms with Crippen molar-refractivity contribution in [3.05, 3.63) is 12.2 Å². The number of hydrogen-bond acceptors (Lipinski definition) is 7. The van der Waals surface area contributed by atoms with Gasteiger partial charge in [0.15, 0.2) is 0 Å². The molecule has 0 N–H and O–H groups in total. The van der Waals surface area contributed by atoms with Crippen LogP contribution in [-0.4, -0.2) is 79.2 Å². The number of thioether (sulfide) groups is 1. The number of carbonyl (C=O) groups is 3. The van der Waals surface area contributed by atoms with Gasteiger partial charge in [0.2, 0.25) is 5.91 Å². The summed E-state index contributed by atoms with van der Waals surface area (Å²) in [6.45, 7) is 7.84. The molecular formula is C33H62N2O5S. The number of amides is 1. The Morgan fingerprint density at radius 2 is 1.32 bits per heavy atom. The van der Waals surface area contributed by atoms with Gasteiger partial charge in [-0.25, -0.2) is 0 Å². The highest BCUT2D eigenvalue weighted by molar-refractivity contribution is 7.99. The van der Waals surface area contributed by atoms with Gasteiger partial charge in [0.05, 0.1) is 5.75 Å². The smallest absolute Gasteiger partial charge is 0.306 e. The average molecular weight is 599 g/mol. The summed E-state index contributed by atoms with van der Waals surface area (Å²) in [4.78, 5) is 41.6.